The molecule has 4 rings (SSSR count). The molecule has 4 nitrogen and oxygen atoms in total. The van der Waals surface area contributed by atoms with Crippen LogP contribution in [0.4, 0.5) is 4.39 Å². The van der Waals surface area contributed by atoms with Crippen LogP contribution in [-0.2, 0) is 36.7 Å². The van der Waals surface area contributed by atoms with Crippen molar-refractivity contribution < 1.29 is 38.8 Å². The molecule has 52 heavy (non-hydrogen) atoms. The van der Waals surface area contributed by atoms with E-state index in [1.807, 2.05) is 67.5 Å². The van der Waals surface area contributed by atoms with Gasteiger partial charge in [-0.3, -0.25) is 4.79 Å². The third kappa shape index (κ3) is 10.5. The number of nitrogens with zero attached hydrogens (tertiary/aromatic N) is 1. The van der Waals surface area contributed by atoms with Crippen LogP contribution in [0, 0.1) is 44.5 Å². The predicted octanol–water partition coefficient (Wildman–Crippen LogP) is 11.4. The Hall–Kier alpha value is -3.60. The van der Waals surface area contributed by atoms with Crippen LogP contribution in [0.15, 0.2) is 57.6 Å². The standard InChI is InChI=1S/C33H36FNO.C13H24O2.Ir/c1-19(2)14-23-10-11-25(24(16-23)12-13-35-9)22(5)31-21(4)20(3)15-27-26-17-29(34)28(33(6,7)8)18-30(26)36-32(27)31;1-5-10(6-2)12(14)9-13(15)11(7-3)8-4;/h10-13,15-19H,4,9,14H2,1-3,5-8H3;9-11,14H,5-8H2,1-4H3;/q-2;;/b24-12-,25-22+,35-13?;12-9-;. The van der Waals surface area contributed by atoms with Gasteiger partial charge in [0.25, 0.3) is 0 Å². The SMILES string of the molecule is CCC(CC)C(=O)/C=C(\O)C(CC)CC.[CH2-]N=C/C=c1/cc(CC(C)C)cc/c1=C(/C)c1c([CH2-])c(C)cc2c1oc1cc(C(C)(C)C)c(F)cc12.[Ir]. The number of rotatable bonds is 11. The normalized spacial score (nSPS) is 13.4. The fraction of sp³-hybridized carbons (Fsp3) is 0.435. The van der Waals surface area contributed by atoms with E-state index in [0.717, 1.165) is 81.2 Å². The number of hydrogen-bond donors (Lipinski definition) is 1. The number of furan rings is 1. The summed E-state index contributed by atoms with van der Waals surface area (Å²) < 4.78 is 21.6. The largest absolute Gasteiger partial charge is 0.512 e. The molecule has 6 heteroatoms. The van der Waals surface area contributed by atoms with Crippen LogP contribution in [0.2, 0.25) is 0 Å². The van der Waals surface area contributed by atoms with Gasteiger partial charge in [0, 0.05) is 48.8 Å². The van der Waals surface area contributed by atoms with Crippen LogP contribution in [0.1, 0.15) is 123 Å². The second-order valence-corrected chi connectivity index (χ2v) is 15.2. The molecule has 0 bridgehead atoms. The number of hydrogen-bond acceptors (Lipinski definition) is 4. The molecule has 0 aliphatic rings. The molecule has 1 N–H and O–H groups in total. The predicted molar refractivity (Wildman–Crippen MR) is 216 cm³/mol. The molecule has 1 radical (unpaired) electrons. The molecule has 0 saturated heterocycles. The van der Waals surface area contributed by atoms with Crippen LogP contribution in [0.25, 0.3) is 33.6 Å². The van der Waals surface area contributed by atoms with Crippen molar-refractivity contribution in [2.24, 2.45) is 22.7 Å². The molecule has 0 fully saturated rings. The maximum absolute atomic E-state index is 15.1. The Morgan fingerprint density at radius 3 is 2.13 bits per heavy atom. The quantitative estimate of drug-likeness (QED) is 0.0706. The van der Waals surface area contributed by atoms with Crippen LogP contribution in [0.5, 0.6) is 0 Å². The Bertz CT molecular complexity index is 2020. The van der Waals surface area contributed by atoms with E-state index in [1.54, 1.807) is 12.3 Å². The fourth-order valence-corrected chi connectivity index (χ4v) is 6.81. The van der Waals surface area contributed by atoms with Crippen molar-refractivity contribution >= 4 is 45.6 Å². The number of allylic oxidation sites excluding steroid dienone is 2. The van der Waals surface area contributed by atoms with Gasteiger partial charge in [0.1, 0.15) is 11.4 Å². The van der Waals surface area contributed by atoms with E-state index in [9.17, 15) is 9.90 Å². The average molecular weight is 886 g/mol. The van der Waals surface area contributed by atoms with Crippen LogP contribution < -0.4 is 10.4 Å². The second kappa shape index (κ2) is 19.5. The van der Waals surface area contributed by atoms with Crippen molar-refractivity contribution in [1.82, 2.24) is 0 Å². The van der Waals surface area contributed by atoms with Crippen LogP contribution in [-0.4, -0.2) is 17.1 Å². The fourth-order valence-electron chi connectivity index (χ4n) is 6.81. The van der Waals surface area contributed by atoms with Crippen molar-refractivity contribution in [2.45, 2.75) is 114 Å². The molecule has 1 aromatic heterocycles. The summed E-state index contributed by atoms with van der Waals surface area (Å²) in [5, 5.41) is 13.6. The van der Waals surface area contributed by atoms with Gasteiger partial charge in [-0.1, -0.05) is 105 Å². The zero-order chi connectivity index (χ0) is 38.2. The number of fused-ring (bicyclic) bond motifs is 3. The van der Waals surface area contributed by atoms with E-state index < -0.39 is 0 Å². The summed E-state index contributed by atoms with van der Waals surface area (Å²) in [7, 11) is 3.60. The van der Waals surface area contributed by atoms with Crippen molar-refractivity contribution in [2.75, 3.05) is 0 Å². The van der Waals surface area contributed by atoms with E-state index in [0.29, 0.717) is 17.1 Å². The third-order valence-electron chi connectivity index (χ3n) is 9.97. The minimum absolute atomic E-state index is 0. The molecule has 3 aromatic carbocycles. The molecule has 0 amide bonds. The average Bonchev–Trinajstić information content (AvgIpc) is 3.40. The van der Waals surface area contributed by atoms with Gasteiger partial charge in [-0.05, 0) is 77.1 Å². The Balaban J connectivity index is 0.000000497. The molecule has 0 aliphatic heterocycles. The number of aliphatic hydroxyl groups excluding tert-OH is 1. The van der Waals surface area contributed by atoms with E-state index in [2.05, 4.69) is 64.0 Å². The van der Waals surface area contributed by atoms with Gasteiger partial charge in [-0.2, -0.15) is 25.1 Å². The topological polar surface area (TPSA) is 62.8 Å². The number of ketones is 1. The van der Waals surface area contributed by atoms with Gasteiger partial charge >= 0.3 is 0 Å². The number of carbonyl (C=O) groups excluding carboxylic acids is 1. The molecule has 0 unspecified atom stereocenters. The van der Waals surface area contributed by atoms with E-state index in [1.165, 1.54) is 11.6 Å². The first-order chi connectivity index (χ1) is 24.0. The van der Waals surface area contributed by atoms with Crippen molar-refractivity contribution in [1.29, 1.82) is 0 Å². The maximum Gasteiger partial charge on any atom is 0.162 e. The monoisotopic (exact) mass is 886 g/mol. The van der Waals surface area contributed by atoms with Crippen molar-refractivity contribution in [3.05, 3.63) is 106 Å². The number of aryl methyl sites for hydroxylation is 1. The smallest absolute Gasteiger partial charge is 0.162 e. The van der Waals surface area contributed by atoms with Gasteiger partial charge in [-0.15, -0.1) is 18.4 Å². The summed E-state index contributed by atoms with van der Waals surface area (Å²) in [6, 6.07) is 12.1. The molecular formula is C46H60FIrNO3-2. The Kier molecular flexibility index (Phi) is 16.7. The Labute approximate surface area is 325 Å². The molecule has 0 spiro atoms. The Morgan fingerprint density at radius 2 is 1.60 bits per heavy atom. The first-order valence-electron chi connectivity index (χ1n) is 18.6. The maximum atomic E-state index is 15.1. The van der Waals surface area contributed by atoms with Gasteiger partial charge in [0.05, 0.1) is 11.3 Å². The summed E-state index contributed by atoms with van der Waals surface area (Å²) in [5.74, 6) is 0.902. The third-order valence-corrected chi connectivity index (χ3v) is 9.97. The number of aliphatic imine (C=N–C) groups is 1. The molecule has 0 aliphatic carbocycles. The number of halogens is 1. The second-order valence-electron chi connectivity index (χ2n) is 15.2. The molecule has 1 heterocycles. The van der Waals surface area contributed by atoms with Crippen LogP contribution >= 0.6 is 0 Å². The van der Waals surface area contributed by atoms with E-state index in [-0.39, 0.29) is 54.7 Å². The van der Waals surface area contributed by atoms with Crippen molar-refractivity contribution in [3.8, 4) is 0 Å². The Morgan fingerprint density at radius 1 is 0.981 bits per heavy atom. The van der Waals surface area contributed by atoms with E-state index in [4.69, 9.17) is 4.42 Å². The zero-order valence-electron chi connectivity index (χ0n) is 33.3. The number of aliphatic hydroxyl groups is 1. The molecule has 0 saturated carbocycles. The summed E-state index contributed by atoms with van der Waals surface area (Å²) in [4.78, 5) is 15.7. The summed E-state index contributed by atoms with van der Waals surface area (Å²) >= 11 is 0. The summed E-state index contributed by atoms with van der Waals surface area (Å²) in [5.41, 5.74) is 7.01. The van der Waals surface area contributed by atoms with Gasteiger partial charge in [-0.25, -0.2) is 4.39 Å². The van der Waals surface area contributed by atoms with Gasteiger partial charge in [0.15, 0.2) is 5.78 Å². The van der Waals surface area contributed by atoms with E-state index >= 15 is 4.39 Å². The molecular weight excluding hydrogens is 826 g/mol. The first-order valence-corrected chi connectivity index (χ1v) is 18.6. The van der Waals surface area contributed by atoms with Crippen molar-refractivity contribution in [3.63, 3.8) is 0 Å². The number of carbonyl (C=O) groups is 1. The molecule has 285 valence electrons. The first kappa shape index (κ1) is 44.6. The zero-order valence-corrected chi connectivity index (χ0v) is 35.7. The molecule has 4 aromatic rings. The minimum atomic E-state index is -0.326. The van der Waals surface area contributed by atoms with Gasteiger partial charge < -0.3 is 14.5 Å². The summed E-state index contributed by atoms with van der Waals surface area (Å²) in [6.07, 6.45) is 9.63. The number of benzene rings is 3. The summed E-state index contributed by atoms with van der Waals surface area (Å²) in [6.45, 7) is 27.1. The minimum Gasteiger partial charge on any atom is -0.512 e. The molecule has 0 atom stereocenters. The van der Waals surface area contributed by atoms with Crippen LogP contribution in [0.3, 0.4) is 0 Å². The van der Waals surface area contributed by atoms with Gasteiger partial charge in [0.2, 0.25) is 0 Å².